The summed E-state index contributed by atoms with van der Waals surface area (Å²) in [6.07, 6.45) is -0.512. The maximum absolute atomic E-state index is 11.0. The molecule has 0 heterocycles. The monoisotopic (exact) mass is 253 g/mol. The van der Waals surface area contributed by atoms with Crippen molar-refractivity contribution in [2.24, 2.45) is 5.73 Å². The molecule has 4 N–H and O–H groups in total. The van der Waals surface area contributed by atoms with E-state index in [1.54, 1.807) is 13.0 Å². The first-order valence-corrected chi connectivity index (χ1v) is 5.42. The minimum atomic E-state index is -0.946. The summed E-state index contributed by atoms with van der Waals surface area (Å²) in [5.41, 5.74) is 5.69. The molecule has 1 atom stereocenters. The zero-order chi connectivity index (χ0) is 13.7. The number of aliphatic carboxylic acids is 1. The molecule has 0 aliphatic rings. The number of carbonyl (C=O) groups excluding carboxylic acids is 1. The van der Waals surface area contributed by atoms with Crippen LogP contribution in [0.25, 0.3) is 0 Å². The largest absolute Gasteiger partial charge is 0.508 e. The van der Waals surface area contributed by atoms with Gasteiger partial charge in [-0.15, -0.1) is 0 Å². The van der Waals surface area contributed by atoms with Gasteiger partial charge in [0.2, 0.25) is 0 Å². The van der Waals surface area contributed by atoms with Crippen LogP contribution in [0.5, 0.6) is 5.75 Å². The summed E-state index contributed by atoms with van der Waals surface area (Å²) < 4.78 is 4.55. The molecule has 0 spiro atoms. The zero-order valence-electron chi connectivity index (χ0n) is 9.92. The number of carboxylic acid groups (broad SMARTS) is 1. The standard InChI is InChI=1S/C12H15NO5/c1-2-9(11(15)16)7-3-4-8(10(14)5-7)6-18-12(13)17/h3-5,9,14H,2,6H2,1H3,(H2,13,17)(H,15,16)/t9-/m1/s1. The number of ether oxygens (including phenoxy) is 1. The van der Waals surface area contributed by atoms with Gasteiger partial charge in [0, 0.05) is 5.56 Å². The molecule has 0 bridgehead atoms. The van der Waals surface area contributed by atoms with E-state index in [2.05, 4.69) is 4.74 Å². The second kappa shape index (κ2) is 5.90. The highest BCUT2D eigenvalue weighted by Crippen LogP contribution is 2.26. The molecular formula is C12H15NO5. The molecule has 0 saturated heterocycles. The summed E-state index contributed by atoms with van der Waals surface area (Å²) >= 11 is 0. The Morgan fingerprint density at radius 1 is 1.44 bits per heavy atom. The van der Waals surface area contributed by atoms with E-state index in [-0.39, 0.29) is 12.4 Å². The van der Waals surface area contributed by atoms with Gasteiger partial charge in [-0.25, -0.2) is 4.79 Å². The number of primary amides is 1. The van der Waals surface area contributed by atoms with E-state index in [0.29, 0.717) is 17.5 Å². The van der Waals surface area contributed by atoms with E-state index in [1.165, 1.54) is 12.1 Å². The van der Waals surface area contributed by atoms with Crippen molar-refractivity contribution >= 4 is 12.1 Å². The van der Waals surface area contributed by atoms with Crippen molar-refractivity contribution in [3.05, 3.63) is 29.3 Å². The molecule has 6 nitrogen and oxygen atoms in total. The number of phenols is 1. The summed E-state index contributed by atoms with van der Waals surface area (Å²) in [6.45, 7) is 1.60. The molecule has 0 aromatic heterocycles. The van der Waals surface area contributed by atoms with E-state index < -0.39 is 18.0 Å². The third-order valence-corrected chi connectivity index (χ3v) is 2.59. The Morgan fingerprint density at radius 2 is 2.11 bits per heavy atom. The second-order valence-electron chi connectivity index (χ2n) is 3.79. The van der Waals surface area contributed by atoms with Crippen molar-refractivity contribution in [3.8, 4) is 5.75 Å². The normalized spacial score (nSPS) is 11.8. The first-order valence-electron chi connectivity index (χ1n) is 5.42. The number of carboxylic acids is 1. The summed E-state index contributed by atoms with van der Waals surface area (Å²) in [6, 6.07) is 4.46. The third-order valence-electron chi connectivity index (χ3n) is 2.59. The Bertz CT molecular complexity index is 458. The van der Waals surface area contributed by atoms with Gasteiger partial charge in [0.25, 0.3) is 0 Å². The molecule has 0 fully saturated rings. The topological polar surface area (TPSA) is 110 Å². The van der Waals surface area contributed by atoms with Gasteiger partial charge in [0.05, 0.1) is 5.92 Å². The van der Waals surface area contributed by atoms with Gasteiger partial charge in [0.15, 0.2) is 0 Å². The van der Waals surface area contributed by atoms with Crippen LogP contribution >= 0.6 is 0 Å². The van der Waals surface area contributed by atoms with Gasteiger partial charge in [0.1, 0.15) is 12.4 Å². The van der Waals surface area contributed by atoms with Gasteiger partial charge >= 0.3 is 12.1 Å². The summed E-state index contributed by atoms with van der Waals surface area (Å²) in [4.78, 5) is 21.4. The van der Waals surface area contributed by atoms with E-state index in [4.69, 9.17) is 10.8 Å². The third kappa shape index (κ3) is 3.38. The summed E-state index contributed by atoms with van der Waals surface area (Å²) in [7, 11) is 0. The number of amides is 1. The van der Waals surface area contributed by atoms with E-state index in [0.717, 1.165) is 0 Å². The molecule has 0 aliphatic carbocycles. The maximum Gasteiger partial charge on any atom is 0.404 e. The van der Waals surface area contributed by atoms with Crippen LogP contribution in [0.1, 0.15) is 30.4 Å². The number of carbonyl (C=O) groups is 2. The number of benzene rings is 1. The molecule has 0 saturated carbocycles. The van der Waals surface area contributed by atoms with Crippen molar-refractivity contribution < 1.29 is 24.5 Å². The number of phenolic OH excluding ortho intramolecular Hbond substituents is 1. The Balaban J connectivity index is 2.90. The van der Waals surface area contributed by atoms with Gasteiger partial charge in [-0.05, 0) is 18.1 Å². The molecule has 0 radical (unpaired) electrons. The highest BCUT2D eigenvalue weighted by atomic mass is 16.5. The first-order chi connectivity index (χ1) is 8.45. The number of hydrogen-bond donors (Lipinski definition) is 3. The van der Waals surface area contributed by atoms with E-state index in [1.807, 2.05) is 0 Å². The fraction of sp³-hybridized carbons (Fsp3) is 0.333. The van der Waals surface area contributed by atoms with Crippen molar-refractivity contribution in [2.45, 2.75) is 25.9 Å². The lowest BCUT2D eigenvalue weighted by Crippen LogP contribution is -2.13. The van der Waals surface area contributed by atoms with Crippen LogP contribution in [0.2, 0.25) is 0 Å². The molecule has 1 aromatic carbocycles. The average molecular weight is 253 g/mol. The van der Waals surface area contributed by atoms with Crippen molar-refractivity contribution in [1.82, 2.24) is 0 Å². The molecule has 0 unspecified atom stereocenters. The zero-order valence-corrected chi connectivity index (χ0v) is 9.92. The highest BCUT2D eigenvalue weighted by molar-refractivity contribution is 5.76. The molecule has 18 heavy (non-hydrogen) atoms. The van der Waals surface area contributed by atoms with Crippen LogP contribution in [0, 0.1) is 0 Å². The molecule has 1 amide bonds. The Hall–Kier alpha value is -2.24. The number of aromatic hydroxyl groups is 1. The predicted molar refractivity (Wildman–Crippen MR) is 63.1 cm³/mol. The minimum absolute atomic E-state index is 0.117. The van der Waals surface area contributed by atoms with E-state index >= 15 is 0 Å². The lowest BCUT2D eigenvalue weighted by molar-refractivity contribution is -0.138. The minimum Gasteiger partial charge on any atom is -0.508 e. The molecule has 1 aromatic rings. The number of rotatable bonds is 5. The quantitative estimate of drug-likeness (QED) is 0.737. The van der Waals surface area contributed by atoms with Crippen LogP contribution in [-0.4, -0.2) is 22.3 Å². The van der Waals surface area contributed by atoms with Crippen LogP contribution in [0.4, 0.5) is 4.79 Å². The lowest BCUT2D eigenvalue weighted by Gasteiger charge is -2.12. The van der Waals surface area contributed by atoms with Crippen molar-refractivity contribution in [3.63, 3.8) is 0 Å². The Labute approximate surface area is 104 Å². The SMILES string of the molecule is CC[C@@H](C(=O)O)c1ccc(COC(N)=O)c(O)c1. The van der Waals surface area contributed by atoms with Gasteiger partial charge in [-0.1, -0.05) is 19.1 Å². The van der Waals surface area contributed by atoms with Crippen molar-refractivity contribution in [2.75, 3.05) is 0 Å². The fourth-order valence-electron chi connectivity index (χ4n) is 1.62. The van der Waals surface area contributed by atoms with Crippen LogP contribution in [0.15, 0.2) is 18.2 Å². The van der Waals surface area contributed by atoms with Gasteiger partial charge in [-0.3, -0.25) is 4.79 Å². The average Bonchev–Trinajstić information content (AvgIpc) is 2.28. The lowest BCUT2D eigenvalue weighted by atomic mass is 9.95. The molecule has 98 valence electrons. The summed E-state index contributed by atoms with van der Waals surface area (Å²) in [5.74, 6) is -1.73. The van der Waals surface area contributed by atoms with E-state index in [9.17, 15) is 14.7 Å². The second-order valence-corrected chi connectivity index (χ2v) is 3.79. The maximum atomic E-state index is 11.0. The van der Waals surface area contributed by atoms with Crippen LogP contribution in [-0.2, 0) is 16.1 Å². The first kappa shape index (κ1) is 13.8. The molecule has 1 rings (SSSR count). The smallest absolute Gasteiger partial charge is 0.404 e. The van der Waals surface area contributed by atoms with Gasteiger partial charge < -0.3 is 20.7 Å². The van der Waals surface area contributed by atoms with Crippen LogP contribution in [0.3, 0.4) is 0 Å². The predicted octanol–water partition coefficient (Wildman–Crippen LogP) is 1.57. The Kier molecular flexibility index (Phi) is 4.53. The van der Waals surface area contributed by atoms with Crippen molar-refractivity contribution in [1.29, 1.82) is 0 Å². The number of hydrogen-bond acceptors (Lipinski definition) is 4. The summed E-state index contributed by atoms with van der Waals surface area (Å²) in [5, 5.41) is 18.7. The fourth-order valence-corrected chi connectivity index (χ4v) is 1.62. The molecule has 6 heteroatoms. The Morgan fingerprint density at radius 3 is 2.56 bits per heavy atom. The van der Waals surface area contributed by atoms with Crippen LogP contribution < -0.4 is 5.73 Å². The highest BCUT2D eigenvalue weighted by Gasteiger charge is 2.18. The number of nitrogens with two attached hydrogens (primary N) is 1. The van der Waals surface area contributed by atoms with Gasteiger partial charge in [-0.2, -0.15) is 0 Å². The molecular weight excluding hydrogens is 238 g/mol. The molecule has 0 aliphatic heterocycles.